The third-order valence-corrected chi connectivity index (χ3v) is 5.19. The third-order valence-electron chi connectivity index (χ3n) is 5.19. The number of rotatable bonds is 7. The number of halogens is 2. The molecular formula is C22H22F2N4O2. The Labute approximate surface area is 172 Å². The molecule has 1 aromatic heterocycles. The van der Waals surface area contributed by atoms with E-state index in [1.807, 2.05) is 0 Å². The zero-order valence-electron chi connectivity index (χ0n) is 16.4. The summed E-state index contributed by atoms with van der Waals surface area (Å²) in [5.74, 6) is -0.395. The van der Waals surface area contributed by atoms with Gasteiger partial charge < -0.3 is 10.6 Å². The molecular weight excluding hydrogens is 390 g/mol. The van der Waals surface area contributed by atoms with Crippen LogP contribution in [0.4, 0.5) is 14.5 Å². The van der Waals surface area contributed by atoms with Crippen LogP contribution in [0.15, 0.2) is 48.5 Å². The second kappa shape index (κ2) is 8.22. The van der Waals surface area contributed by atoms with Gasteiger partial charge in [-0.05, 0) is 49.2 Å². The molecule has 0 aliphatic heterocycles. The summed E-state index contributed by atoms with van der Waals surface area (Å²) in [5.41, 5.74) is 1.93. The van der Waals surface area contributed by atoms with Crippen molar-refractivity contribution in [2.45, 2.75) is 32.2 Å². The molecule has 4 rings (SSSR count). The number of benzene rings is 2. The number of nitrogens with one attached hydrogen (secondary N) is 2. The molecule has 2 N–H and O–H groups in total. The van der Waals surface area contributed by atoms with Crippen molar-refractivity contribution >= 4 is 28.5 Å². The number of imidazole rings is 1. The lowest BCUT2D eigenvalue weighted by Gasteiger charge is -2.15. The molecule has 8 heteroatoms. The quantitative estimate of drug-likeness (QED) is 0.607. The van der Waals surface area contributed by atoms with Crippen molar-refractivity contribution < 1.29 is 18.4 Å². The normalized spacial score (nSPS) is 14.7. The van der Waals surface area contributed by atoms with Gasteiger partial charge in [-0.3, -0.25) is 14.2 Å². The SMILES string of the molecule is C[C@@H](CNC(=O)c1ccc(NC(=O)C2CC2)cc1)c1nc2ccccc2n1C(F)F. The highest BCUT2D eigenvalue weighted by molar-refractivity contribution is 5.96. The Hall–Kier alpha value is -3.29. The first kappa shape index (κ1) is 20.0. The summed E-state index contributed by atoms with van der Waals surface area (Å²) in [7, 11) is 0. The Morgan fingerprint density at radius 2 is 1.83 bits per heavy atom. The predicted octanol–water partition coefficient (Wildman–Crippen LogP) is 4.31. The Morgan fingerprint density at radius 1 is 1.13 bits per heavy atom. The van der Waals surface area contributed by atoms with Crippen LogP contribution in [0.3, 0.4) is 0 Å². The van der Waals surface area contributed by atoms with Crippen LogP contribution < -0.4 is 10.6 Å². The summed E-state index contributed by atoms with van der Waals surface area (Å²) < 4.78 is 28.1. The Kier molecular flexibility index (Phi) is 5.48. The molecule has 1 aliphatic carbocycles. The molecule has 0 unspecified atom stereocenters. The van der Waals surface area contributed by atoms with Crippen molar-refractivity contribution in [3.63, 3.8) is 0 Å². The van der Waals surface area contributed by atoms with E-state index in [1.54, 1.807) is 55.5 Å². The Morgan fingerprint density at radius 3 is 2.50 bits per heavy atom. The second-order valence-electron chi connectivity index (χ2n) is 7.56. The number of fused-ring (bicyclic) bond motifs is 1. The van der Waals surface area contributed by atoms with Crippen molar-refractivity contribution in [2.24, 2.45) is 5.92 Å². The summed E-state index contributed by atoms with van der Waals surface area (Å²) in [4.78, 5) is 28.6. The molecule has 1 atom stereocenters. The smallest absolute Gasteiger partial charge is 0.320 e. The lowest BCUT2D eigenvalue weighted by atomic mass is 10.1. The molecule has 3 aromatic rings. The summed E-state index contributed by atoms with van der Waals surface area (Å²) >= 11 is 0. The summed E-state index contributed by atoms with van der Waals surface area (Å²) in [6.07, 6.45) is 1.84. The van der Waals surface area contributed by atoms with Gasteiger partial charge in [-0.2, -0.15) is 8.78 Å². The minimum absolute atomic E-state index is 0.00273. The van der Waals surface area contributed by atoms with Crippen LogP contribution >= 0.6 is 0 Å². The number of carbonyl (C=O) groups is 2. The summed E-state index contributed by atoms with van der Waals surface area (Å²) in [6.45, 7) is -0.810. The maximum atomic E-state index is 13.6. The molecule has 2 aromatic carbocycles. The fraction of sp³-hybridized carbons (Fsp3) is 0.318. The topological polar surface area (TPSA) is 76.0 Å². The zero-order chi connectivity index (χ0) is 21.3. The van der Waals surface area contributed by atoms with Crippen molar-refractivity contribution in [2.75, 3.05) is 11.9 Å². The minimum atomic E-state index is -2.72. The largest absolute Gasteiger partial charge is 0.351 e. The summed E-state index contributed by atoms with van der Waals surface area (Å²) in [5, 5.41) is 5.59. The number of nitrogens with zero attached hydrogens (tertiary/aromatic N) is 2. The van der Waals surface area contributed by atoms with E-state index < -0.39 is 12.5 Å². The van der Waals surface area contributed by atoms with Crippen molar-refractivity contribution in [1.82, 2.24) is 14.9 Å². The van der Waals surface area contributed by atoms with Gasteiger partial charge in [0, 0.05) is 29.6 Å². The van der Waals surface area contributed by atoms with E-state index >= 15 is 0 Å². The van der Waals surface area contributed by atoms with Gasteiger partial charge in [-0.15, -0.1) is 0 Å². The predicted molar refractivity (Wildman–Crippen MR) is 110 cm³/mol. The highest BCUT2D eigenvalue weighted by Gasteiger charge is 2.29. The van der Waals surface area contributed by atoms with E-state index in [1.165, 1.54) is 0 Å². The lowest BCUT2D eigenvalue weighted by molar-refractivity contribution is -0.117. The average molecular weight is 412 g/mol. The first-order chi connectivity index (χ1) is 14.4. The van der Waals surface area contributed by atoms with Crippen LogP contribution in [0.5, 0.6) is 0 Å². The maximum absolute atomic E-state index is 13.6. The van der Waals surface area contributed by atoms with Gasteiger partial charge in [0.2, 0.25) is 5.91 Å². The molecule has 0 saturated heterocycles. The van der Waals surface area contributed by atoms with Gasteiger partial charge in [-0.1, -0.05) is 19.1 Å². The van der Waals surface area contributed by atoms with Crippen molar-refractivity contribution in [3.8, 4) is 0 Å². The van der Waals surface area contributed by atoms with Gasteiger partial charge in [-0.25, -0.2) is 4.98 Å². The molecule has 1 heterocycles. The number of alkyl halides is 2. The first-order valence-electron chi connectivity index (χ1n) is 9.88. The van der Waals surface area contributed by atoms with E-state index in [0.717, 1.165) is 17.4 Å². The van der Waals surface area contributed by atoms with Gasteiger partial charge >= 0.3 is 6.55 Å². The van der Waals surface area contributed by atoms with E-state index in [-0.39, 0.29) is 30.1 Å². The molecule has 1 fully saturated rings. The molecule has 0 bridgehead atoms. The van der Waals surface area contributed by atoms with Crippen LogP contribution in [0.1, 0.15) is 48.4 Å². The van der Waals surface area contributed by atoms with E-state index in [4.69, 9.17) is 0 Å². The summed E-state index contributed by atoms with van der Waals surface area (Å²) in [6, 6.07) is 13.3. The molecule has 0 spiro atoms. The number of aromatic nitrogens is 2. The van der Waals surface area contributed by atoms with Crippen molar-refractivity contribution in [1.29, 1.82) is 0 Å². The molecule has 6 nitrogen and oxygen atoms in total. The van der Waals surface area contributed by atoms with Gasteiger partial charge in [0.25, 0.3) is 5.91 Å². The Balaban J connectivity index is 1.40. The third kappa shape index (κ3) is 4.17. The van der Waals surface area contributed by atoms with Crippen LogP contribution in [-0.2, 0) is 4.79 Å². The standard InChI is InChI=1S/C22H22F2N4O2/c1-13(19-27-17-4-2-3-5-18(17)28(19)22(23)24)12-25-20(29)14-8-10-16(11-9-14)26-21(30)15-6-7-15/h2-5,8-11,13,15,22H,6-7,12H2,1H3,(H,25,29)(H,26,30)/t13-/m0/s1. The maximum Gasteiger partial charge on any atom is 0.320 e. The average Bonchev–Trinajstić information content (AvgIpc) is 3.52. The first-order valence-corrected chi connectivity index (χ1v) is 9.88. The van der Waals surface area contributed by atoms with Crippen LogP contribution in [0.25, 0.3) is 11.0 Å². The van der Waals surface area contributed by atoms with Crippen LogP contribution in [0.2, 0.25) is 0 Å². The lowest BCUT2D eigenvalue weighted by Crippen LogP contribution is -2.28. The van der Waals surface area contributed by atoms with E-state index in [2.05, 4.69) is 15.6 Å². The zero-order valence-corrected chi connectivity index (χ0v) is 16.4. The van der Waals surface area contributed by atoms with Crippen LogP contribution in [-0.4, -0.2) is 27.9 Å². The number of para-hydroxylation sites is 2. The fourth-order valence-corrected chi connectivity index (χ4v) is 3.35. The number of hydrogen-bond acceptors (Lipinski definition) is 3. The van der Waals surface area contributed by atoms with E-state index in [9.17, 15) is 18.4 Å². The fourth-order valence-electron chi connectivity index (χ4n) is 3.35. The number of carbonyl (C=O) groups excluding carboxylic acids is 2. The highest BCUT2D eigenvalue weighted by Crippen LogP contribution is 2.30. The molecule has 1 aliphatic rings. The van der Waals surface area contributed by atoms with Gasteiger partial charge in [0.15, 0.2) is 0 Å². The molecule has 0 radical (unpaired) electrons. The monoisotopic (exact) mass is 412 g/mol. The number of anilines is 1. The van der Waals surface area contributed by atoms with Gasteiger partial charge in [0.05, 0.1) is 11.0 Å². The highest BCUT2D eigenvalue weighted by atomic mass is 19.3. The Bertz CT molecular complexity index is 1070. The molecule has 2 amide bonds. The minimum Gasteiger partial charge on any atom is -0.351 e. The number of hydrogen-bond donors (Lipinski definition) is 2. The molecule has 156 valence electrons. The molecule has 30 heavy (non-hydrogen) atoms. The van der Waals surface area contributed by atoms with Crippen LogP contribution in [0, 0.1) is 5.92 Å². The van der Waals surface area contributed by atoms with Crippen molar-refractivity contribution in [3.05, 3.63) is 59.9 Å². The molecule has 1 saturated carbocycles. The van der Waals surface area contributed by atoms with E-state index in [0.29, 0.717) is 22.3 Å². The van der Waals surface area contributed by atoms with Gasteiger partial charge in [0.1, 0.15) is 5.82 Å². The number of amides is 2. The second-order valence-corrected chi connectivity index (χ2v) is 7.56.